The van der Waals surface area contributed by atoms with Crippen molar-refractivity contribution in [1.29, 1.82) is 0 Å². The highest BCUT2D eigenvalue weighted by Gasteiger charge is 2.28. The van der Waals surface area contributed by atoms with Crippen LogP contribution in [0.2, 0.25) is 5.02 Å². The maximum absolute atomic E-state index is 12.0. The van der Waals surface area contributed by atoms with Gasteiger partial charge in [-0.3, -0.25) is 10.1 Å². The van der Waals surface area contributed by atoms with Gasteiger partial charge in [-0.15, -0.1) is 0 Å². The largest absolute Gasteiger partial charge is 0.465 e. The van der Waals surface area contributed by atoms with E-state index in [-0.39, 0.29) is 5.97 Å². The van der Waals surface area contributed by atoms with Crippen molar-refractivity contribution in [3.05, 3.63) is 44.8 Å². The molecule has 1 heterocycles. The van der Waals surface area contributed by atoms with Gasteiger partial charge in [0.05, 0.1) is 6.61 Å². The second kappa shape index (κ2) is 7.36. The van der Waals surface area contributed by atoms with Gasteiger partial charge in [-0.1, -0.05) is 18.5 Å². The number of hydrogen-bond donors (Lipinski definition) is 1. The summed E-state index contributed by atoms with van der Waals surface area (Å²) in [6.07, 6.45) is 0.747. The van der Waals surface area contributed by atoms with Crippen LogP contribution in [-0.2, 0) is 22.5 Å². The molecule has 0 saturated carbocycles. The van der Waals surface area contributed by atoms with Crippen LogP contribution >= 0.6 is 11.6 Å². The van der Waals surface area contributed by atoms with Crippen molar-refractivity contribution < 1.29 is 13.9 Å². The molecule has 0 aliphatic rings. The third-order valence-corrected chi connectivity index (χ3v) is 4.24. The second-order valence-electron chi connectivity index (χ2n) is 6.08. The fraction of sp³-hybridized carbons (Fsp3) is 0.444. The minimum Gasteiger partial charge on any atom is -0.465 e. The molecular weight excluding hydrogens is 330 g/mol. The number of aryl methyl sites for hydroxylation is 1. The molecule has 0 bridgehead atoms. The monoisotopic (exact) mass is 351 g/mol. The standard InChI is InChI=1S/C18H22ClNO4/c1-5-11-7-15-13(9-14(11)19)12(8-16(21)24-15)10-20-18(3,4)17(22)23-6-2/h7-9,20H,5-6,10H2,1-4H3. The Bertz CT molecular complexity index is 811. The van der Waals surface area contributed by atoms with Crippen LogP contribution in [0.15, 0.2) is 27.4 Å². The summed E-state index contributed by atoms with van der Waals surface area (Å²) >= 11 is 6.28. The van der Waals surface area contributed by atoms with Crippen molar-refractivity contribution in [3.8, 4) is 0 Å². The third-order valence-electron chi connectivity index (χ3n) is 3.88. The van der Waals surface area contributed by atoms with Crippen molar-refractivity contribution in [1.82, 2.24) is 5.32 Å². The van der Waals surface area contributed by atoms with E-state index in [1.165, 1.54) is 6.07 Å². The van der Waals surface area contributed by atoms with Gasteiger partial charge in [0.25, 0.3) is 0 Å². The Labute approximate surface area is 145 Å². The number of rotatable bonds is 6. The van der Waals surface area contributed by atoms with Gasteiger partial charge in [-0.2, -0.15) is 0 Å². The lowest BCUT2D eigenvalue weighted by Gasteiger charge is -2.24. The third kappa shape index (κ3) is 3.97. The first-order chi connectivity index (χ1) is 11.3. The number of halogens is 1. The fourth-order valence-corrected chi connectivity index (χ4v) is 2.70. The van der Waals surface area contributed by atoms with E-state index in [9.17, 15) is 9.59 Å². The molecular formula is C18H22ClNO4. The van der Waals surface area contributed by atoms with Gasteiger partial charge >= 0.3 is 11.6 Å². The predicted octanol–water partition coefficient (Wildman–Crippen LogP) is 3.44. The Morgan fingerprint density at radius 2 is 1.96 bits per heavy atom. The van der Waals surface area contributed by atoms with E-state index in [2.05, 4.69) is 5.32 Å². The van der Waals surface area contributed by atoms with Crippen molar-refractivity contribution in [3.63, 3.8) is 0 Å². The summed E-state index contributed by atoms with van der Waals surface area (Å²) in [4.78, 5) is 23.8. The summed E-state index contributed by atoms with van der Waals surface area (Å²) in [6, 6.07) is 5.00. The molecule has 130 valence electrons. The van der Waals surface area contributed by atoms with Gasteiger partial charge in [-0.05, 0) is 50.5 Å². The second-order valence-corrected chi connectivity index (χ2v) is 6.49. The zero-order chi connectivity index (χ0) is 17.9. The molecule has 0 saturated heterocycles. The van der Waals surface area contributed by atoms with E-state index >= 15 is 0 Å². The van der Waals surface area contributed by atoms with E-state index in [0.717, 1.165) is 22.9 Å². The Hall–Kier alpha value is -1.85. The molecule has 6 heteroatoms. The highest BCUT2D eigenvalue weighted by Crippen LogP contribution is 2.26. The van der Waals surface area contributed by atoms with E-state index in [1.54, 1.807) is 32.9 Å². The summed E-state index contributed by atoms with van der Waals surface area (Å²) in [5, 5.41) is 4.51. The van der Waals surface area contributed by atoms with E-state index in [1.807, 2.05) is 6.92 Å². The van der Waals surface area contributed by atoms with Gasteiger partial charge in [0.1, 0.15) is 11.1 Å². The highest BCUT2D eigenvalue weighted by atomic mass is 35.5. The lowest BCUT2D eigenvalue weighted by atomic mass is 10.0. The first-order valence-corrected chi connectivity index (χ1v) is 8.33. The lowest BCUT2D eigenvalue weighted by molar-refractivity contribution is -0.149. The smallest absolute Gasteiger partial charge is 0.336 e. The molecule has 0 unspecified atom stereocenters. The molecule has 1 aromatic heterocycles. The lowest BCUT2D eigenvalue weighted by Crippen LogP contribution is -2.47. The molecule has 0 spiro atoms. The molecule has 0 radical (unpaired) electrons. The first kappa shape index (κ1) is 18.5. The number of hydrogen-bond acceptors (Lipinski definition) is 5. The van der Waals surface area contributed by atoms with Gasteiger partial charge in [0.15, 0.2) is 0 Å². The Morgan fingerprint density at radius 3 is 2.58 bits per heavy atom. The summed E-state index contributed by atoms with van der Waals surface area (Å²) in [7, 11) is 0. The van der Waals surface area contributed by atoms with Crippen molar-refractivity contribution in [2.45, 2.75) is 46.2 Å². The number of fused-ring (bicyclic) bond motifs is 1. The number of ether oxygens (including phenoxy) is 1. The molecule has 0 amide bonds. The topological polar surface area (TPSA) is 68.5 Å². The molecule has 2 rings (SSSR count). The Morgan fingerprint density at radius 1 is 1.25 bits per heavy atom. The maximum atomic E-state index is 12.0. The van der Waals surface area contributed by atoms with Gasteiger partial charge in [-0.25, -0.2) is 4.79 Å². The van der Waals surface area contributed by atoms with Crippen LogP contribution in [0.3, 0.4) is 0 Å². The number of nitrogens with one attached hydrogen (secondary N) is 1. The van der Waals surface area contributed by atoms with Crippen LogP contribution < -0.4 is 10.9 Å². The van der Waals surface area contributed by atoms with Crippen LogP contribution in [0.4, 0.5) is 0 Å². The van der Waals surface area contributed by atoms with E-state index in [0.29, 0.717) is 23.8 Å². The average molecular weight is 352 g/mol. The van der Waals surface area contributed by atoms with E-state index < -0.39 is 11.2 Å². The van der Waals surface area contributed by atoms with Crippen LogP contribution in [0.1, 0.15) is 38.8 Å². The normalized spacial score (nSPS) is 11.7. The van der Waals surface area contributed by atoms with Crippen molar-refractivity contribution in [2.24, 2.45) is 0 Å². The quantitative estimate of drug-likeness (QED) is 0.637. The van der Waals surface area contributed by atoms with Gasteiger partial charge in [0.2, 0.25) is 0 Å². The first-order valence-electron chi connectivity index (χ1n) is 7.96. The van der Waals surface area contributed by atoms with Crippen LogP contribution in [0.25, 0.3) is 11.0 Å². The van der Waals surface area contributed by atoms with E-state index in [4.69, 9.17) is 20.8 Å². The molecule has 1 N–H and O–H groups in total. The molecule has 0 aliphatic carbocycles. The number of carbonyl (C=O) groups is 1. The summed E-state index contributed by atoms with van der Waals surface area (Å²) in [5.74, 6) is -0.344. The summed E-state index contributed by atoms with van der Waals surface area (Å²) in [6.45, 7) is 7.85. The molecule has 24 heavy (non-hydrogen) atoms. The van der Waals surface area contributed by atoms with Crippen LogP contribution in [0.5, 0.6) is 0 Å². The fourth-order valence-electron chi connectivity index (χ4n) is 2.41. The number of esters is 1. The SMILES string of the molecule is CCOC(=O)C(C)(C)NCc1cc(=O)oc2cc(CC)c(Cl)cc12. The maximum Gasteiger partial charge on any atom is 0.336 e. The Balaban J connectivity index is 2.37. The van der Waals surface area contributed by atoms with Gasteiger partial charge < -0.3 is 9.15 Å². The minimum atomic E-state index is -0.870. The number of benzene rings is 1. The zero-order valence-corrected chi connectivity index (χ0v) is 15.1. The van der Waals surface area contributed by atoms with Crippen LogP contribution in [0, 0.1) is 0 Å². The predicted molar refractivity (Wildman–Crippen MR) is 94.4 cm³/mol. The van der Waals surface area contributed by atoms with Crippen LogP contribution in [-0.4, -0.2) is 18.1 Å². The van der Waals surface area contributed by atoms with Crippen molar-refractivity contribution in [2.75, 3.05) is 6.61 Å². The van der Waals surface area contributed by atoms with Crippen molar-refractivity contribution >= 4 is 28.5 Å². The minimum absolute atomic E-state index is 0.315. The summed E-state index contributed by atoms with van der Waals surface area (Å²) < 4.78 is 10.3. The molecule has 1 aromatic carbocycles. The van der Waals surface area contributed by atoms with Gasteiger partial charge in [0, 0.05) is 23.0 Å². The zero-order valence-electron chi connectivity index (χ0n) is 14.4. The average Bonchev–Trinajstić information content (AvgIpc) is 2.52. The molecule has 0 fully saturated rings. The molecule has 0 atom stereocenters. The Kier molecular flexibility index (Phi) is 5.67. The highest BCUT2D eigenvalue weighted by molar-refractivity contribution is 6.32. The molecule has 2 aromatic rings. The number of carbonyl (C=O) groups excluding carboxylic acids is 1. The molecule has 0 aliphatic heterocycles. The molecule has 5 nitrogen and oxygen atoms in total. The summed E-state index contributed by atoms with van der Waals surface area (Å²) in [5.41, 5.74) is 0.838.